The summed E-state index contributed by atoms with van der Waals surface area (Å²) in [6.07, 6.45) is 27.9. The normalized spacial score (nSPS) is 40.2. The Kier molecular flexibility index (Phi) is 7.68. The molecule has 0 aromatic carbocycles. The Bertz CT molecular complexity index is 396. The van der Waals surface area contributed by atoms with Crippen LogP contribution in [-0.4, -0.2) is 0 Å². The molecule has 0 aromatic heterocycles. The highest BCUT2D eigenvalue weighted by Gasteiger charge is 2.30. The summed E-state index contributed by atoms with van der Waals surface area (Å²) in [5.74, 6) is 5.76. The van der Waals surface area contributed by atoms with Gasteiger partial charge in [-0.25, -0.2) is 0 Å². The van der Waals surface area contributed by atoms with Gasteiger partial charge in [-0.05, 0) is 99.7 Å². The number of rotatable bonds is 6. The van der Waals surface area contributed by atoms with Crippen LogP contribution in [0.1, 0.15) is 96.8 Å². The van der Waals surface area contributed by atoms with E-state index in [9.17, 15) is 0 Å². The van der Waals surface area contributed by atoms with E-state index < -0.39 is 0 Å². The molecule has 0 atom stereocenters. The lowest BCUT2D eigenvalue weighted by Crippen LogP contribution is -2.25. The second kappa shape index (κ2) is 9.98. The molecule has 0 N–H and O–H groups in total. The molecule has 3 saturated carbocycles. The minimum atomic E-state index is 0.799. The van der Waals surface area contributed by atoms with Crippen molar-refractivity contribution in [3.8, 4) is 0 Å². The van der Waals surface area contributed by atoms with Gasteiger partial charge in [-0.2, -0.15) is 0 Å². The summed E-state index contributed by atoms with van der Waals surface area (Å²) in [5, 5.41) is 0. The SMILES string of the molecule is C=CC1CCC(/C=C/C2CCC(C3CCC(CCC)CC3)CC2)CC1. The summed E-state index contributed by atoms with van der Waals surface area (Å²) >= 11 is 0. The van der Waals surface area contributed by atoms with Gasteiger partial charge in [-0.1, -0.05) is 50.8 Å². The summed E-state index contributed by atoms with van der Waals surface area (Å²) in [4.78, 5) is 0. The third-order valence-electron chi connectivity index (χ3n) is 7.88. The summed E-state index contributed by atoms with van der Waals surface area (Å²) in [6, 6.07) is 0. The van der Waals surface area contributed by atoms with Crippen LogP contribution in [0.5, 0.6) is 0 Å². The van der Waals surface area contributed by atoms with Crippen molar-refractivity contribution in [2.24, 2.45) is 35.5 Å². The number of allylic oxidation sites excluding steroid dienone is 3. The van der Waals surface area contributed by atoms with Crippen molar-refractivity contribution in [2.75, 3.05) is 0 Å². The fraction of sp³-hybridized carbons (Fsp3) is 0.840. The zero-order valence-electron chi connectivity index (χ0n) is 16.8. The van der Waals surface area contributed by atoms with Gasteiger partial charge < -0.3 is 0 Å². The average Bonchev–Trinajstić information content (AvgIpc) is 2.68. The predicted octanol–water partition coefficient (Wildman–Crippen LogP) is 7.95. The summed E-state index contributed by atoms with van der Waals surface area (Å²) in [5.41, 5.74) is 0. The fourth-order valence-electron chi connectivity index (χ4n) is 6.05. The first-order valence-electron chi connectivity index (χ1n) is 11.6. The van der Waals surface area contributed by atoms with E-state index in [1.165, 1.54) is 77.0 Å². The van der Waals surface area contributed by atoms with Gasteiger partial charge in [0.05, 0.1) is 0 Å². The Morgan fingerprint density at radius 2 is 1.08 bits per heavy atom. The highest BCUT2D eigenvalue weighted by atomic mass is 14.4. The quantitative estimate of drug-likeness (QED) is 0.430. The van der Waals surface area contributed by atoms with Crippen LogP contribution in [0.4, 0.5) is 0 Å². The molecule has 0 saturated heterocycles. The molecule has 0 heteroatoms. The van der Waals surface area contributed by atoms with Crippen molar-refractivity contribution in [1.29, 1.82) is 0 Å². The monoisotopic (exact) mass is 342 g/mol. The summed E-state index contributed by atoms with van der Waals surface area (Å²) < 4.78 is 0. The molecule has 3 fully saturated rings. The van der Waals surface area contributed by atoms with E-state index >= 15 is 0 Å². The van der Waals surface area contributed by atoms with Gasteiger partial charge >= 0.3 is 0 Å². The van der Waals surface area contributed by atoms with E-state index in [2.05, 4.69) is 31.7 Å². The van der Waals surface area contributed by atoms with Crippen LogP contribution in [0, 0.1) is 35.5 Å². The Morgan fingerprint density at radius 3 is 1.56 bits per heavy atom. The Hall–Kier alpha value is -0.520. The highest BCUT2D eigenvalue weighted by molar-refractivity contribution is 4.98. The molecule has 0 aromatic rings. The molecule has 3 aliphatic rings. The van der Waals surface area contributed by atoms with Crippen LogP contribution in [-0.2, 0) is 0 Å². The maximum absolute atomic E-state index is 3.97. The maximum Gasteiger partial charge on any atom is -0.0233 e. The summed E-state index contributed by atoms with van der Waals surface area (Å²) in [6.45, 7) is 6.32. The van der Waals surface area contributed by atoms with Crippen LogP contribution in [0.3, 0.4) is 0 Å². The molecule has 0 unspecified atom stereocenters. The van der Waals surface area contributed by atoms with Crippen LogP contribution in [0.2, 0.25) is 0 Å². The van der Waals surface area contributed by atoms with Crippen molar-refractivity contribution >= 4 is 0 Å². The minimum absolute atomic E-state index is 0.799. The van der Waals surface area contributed by atoms with Gasteiger partial charge in [0.25, 0.3) is 0 Å². The molecule has 0 nitrogen and oxygen atoms in total. The lowest BCUT2D eigenvalue weighted by Gasteiger charge is -2.37. The largest absolute Gasteiger partial charge is 0.103 e. The maximum atomic E-state index is 3.97. The molecule has 0 spiro atoms. The van der Waals surface area contributed by atoms with Crippen molar-refractivity contribution < 1.29 is 0 Å². The van der Waals surface area contributed by atoms with E-state index in [4.69, 9.17) is 0 Å². The van der Waals surface area contributed by atoms with Gasteiger partial charge in [0, 0.05) is 0 Å². The highest BCUT2D eigenvalue weighted by Crippen LogP contribution is 2.42. The van der Waals surface area contributed by atoms with E-state index in [0.29, 0.717) is 0 Å². The molecule has 0 radical (unpaired) electrons. The molecule has 3 rings (SSSR count). The molecule has 0 aliphatic heterocycles. The van der Waals surface area contributed by atoms with E-state index in [-0.39, 0.29) is 0 Å². The lowest BCUT2D eigenvalue weighted by molar-refractivity contribution is 0.152. The van der Waals surface area contributed by atoms with Crippen molar-refractivity contribution in [2.45, 2.75) is 96.8 Å². The molecule has 25 heavy (non-hydrogen) atoms. The third kappa shape index (κ3) is 5.73. The molecular formula is C25H42. The average molecular weight is 343 g/mol. The van der Waals surface area contributed by atoms with Crippen molar-refractivity contribution in [1.82, 2.24) is 0 Å². The standard InChI is InChI=1S/C25H42/c1-3-5-21-12-16-24(17-13-21)25-18-14-23(15-19-25)11-10-22-8-6-20(4-2)7-9-22/h4,10-11,20-25H,2-3,5-9,12-19H2,1H3/b11-10+. The van der Waals surface area contributed by atoms with Gasteiger partial charge in [0.15, 0.2) is 0 Å². The van der Waals surface area contributed by atoms with Crippen LogP contribution in [0.25, 0.3) is 0 Å². The van der Waals surface area contributed by atoms with Gasteiger partial charge in [-0.3, -0.25) is 0 Å². The third-order valence-corrected chi connectivity index (χ3v) is 7.88. The first-order valence-corrected chi connectivity index (χ1v) is 11.6. The van der Waals surface area contributed by atoms with Crippen LogP contribution >= 0.6 is 0 Å². The number of hydrogen-bond donors (Lipinski definition) is 0. The lowest BCUT2D eigenvalue weighted by atomic mass is 9.68. The predicted molar refractivity (Wildman–Crippen MR) is 111 cm³/mol. The molecule has 3 aliphatic carbocycles. The minimum Gasteiger partial charge on any atom is -0.103 e. The Labute approximate surface area is 157 Å². The van der Waals surface area contributed by atoms with Crippen LogP contribution < -0.4 is 0 Å². The molecule has 0 bridgehead atoms. The first-order chi connectivity index (χ1) is 12.3. The van der Waals surface area contributed by atoms with Crippen molar-refractivity contribution in [3.05, 3.63) is 24.8 Å². The van der Waals surface area contributed by atoms with Gasteiger partial charge in [0.2, 0.25) is 0 Å². The van der Waals surface area contributed by atoms with Crippen LogP contribution in [0.15, 0.2) is 24.8 Å². The topological polar surface area (TPSA) is 0 Å². The zero-order valence-corrected chi connectivity index (χ0v) is 16.8. The van der Waals surface area contributed by atoms with E-state index in [0.717, 1.165) is 35.5 Å². The van der Waals surface area contributed by atoms with Crippen molar-refractivity contribution in [3.63, 3.8) is 0 Å². The zero-order chi connectivity index (χ0) is 17.5. The fourth-order valence-corrected chi connectivity index (χ4v) is 6.05. The molecular weight excluding hydrogens is 300 g/mol. The van der Waals surface area contributed by atoms with Gasteiger partial charge in [-0.15, -0.1) is 6.58 Å². The smallest absolute Gasteiger partial charge is 0.0233 e. The van der Waals surface area contributed by atoms with E-state index in [1.54, 1.807) is 12.8 Å². The van der Waals surface area contributed by atoms with E-state index in [1.807, 2.05) is 0 Å². The Morgan fingerprint density at radius 1 is 0.640 bits per heavy atom. The second-order valence-electron chi connectivity index (χ2n) is 9.54. The second-order valence-corrected chi connectivity index (χ2v) is 9.54. The van der Waals surface area contributed by atoms with Gasteiger partial charge in [0.1, 0.15) is 0 Å². The molecule has 0 heterocycles. The first kappa shape index (κ1) is 19.2. The summed E-state index contributed by atoms with van der Waals surface area (Å²) in [7, 11) is 0. The Balaban J connectivity index is 1.35. The molecule has 0 amide bonds. The number of hydrogen-bond acceptors (Lipinski definition) is 0. The molecule has 142 valence electrons.